The van der Waals surface area contributed by atoms with Crippen LogP contribution in [0, 0.1) is 0 Å². The number of hydrogen-bond acceptors (Lipinski definition) is 3. The summed E-state index contributed by atoms with van der Waals surface area (Å²) < 4.78 is 0.995. The van der Waals surface area contributed by atoms with E-state index in [2.05, 4.69) is 26.4 Å². The number of aliphatic imine (C=N–C) groups is 1. The van der Waals surface area contributed by atoms with Crippen LogP contribution < -0.4 is 5.48 Å². The predicted octanol–water partition coefficient (Wildman–Crippen LogP) is 3.43. The Balaban J connectivity index is 1.91. The molecule has 3 rings (SSSR count). The molecule has 0 saturated heterocycles. The first kappa shape index (κ1) is 11.4. The average Bonchev–Trinajstić information content (AvgIpc) is 2.90. The Hall–Kier alpha value is -1.65. The number of nitrogens with zero attached hydrogens (tertiary/aromatic N) is 1. The van der Waals surface area contributed by atoms with Crippen LogP contribution in [0.5, 0.6) is 0 Å². The normalized spacial score (nSPS) is 18.3. The first-order valence-electron chi connectivity index (χ1n) is 5.64. The largest absolute Gasteiger partial charge is 0.246 e. The molecule has 1 aliphatic rings. The first-order valence-corrected chi connectivity index (χ1v) is 6.43. The monoisotopic (exact) mass is 302 g/mol. The van der Waals surface area contributed by atoms with Crippen LogP contribution in [0.15, 0.2) is 64.1 Å². The summed E-state index contributed by atoms with van der Waals surface area (Å²) in [5.41, 5.74) is 4.91. The van der Waals surface area contributed by atoms with Crippen molar-refractivity contribution >= 4 is 21.8 Å². The number of rotatable bonds is 2. The van der Waals surface area contributed by atoms with E-state index in [0.29, 0.717) is 0 Å². The molecule has 0 aromatic heterocycles. The minimum atomic E-state index is -0.309. The Kier molecular flexibility index (Phi) is 3.13. The van der Waals surface area contributed by atoms with E-state index in [1.165, 1.54) is 0 Å². The van der Waals surface area contributed by atoms with Crippen LogP contribution in [0.25, 0.3) is 0 Å². The molecule has 4 heteroatoms. The number of amidine groups is 1. The van der Waals surface area contributed by atoms with Crippen LogP contribution in [-0.4, -0.2) is 5.84 Å². The molecule has 2 aromatic carbocycles. The van der Waals surface area contributed by atoms with E-state index in [1.807, 2.05) is 54.6 Å². The molecule has 90 valence electrons. The summed E-state index contributed by atoms with van der Waals surface area (Å²) in [6.45, 7) is 0. The maximum atomic E-state index is 5.50. The summed E-state index contributed by atoms with van der Waals surface area (Å²) in [6, 6.07) is 17.8. The second-order valence-corrected chi connectivity index (χ2v) is 4.79. The Morgan fingerprint density at radius 3 is 2.50 bits per heavy atom. The third-order valence-electron chi connectivity index (χ3n) is 2.73. The number of halogens is 1. The van der Waals surface area contributed by atoms with E-state index in [-0.39, 0.29) is 6.23 Å². The fourth-order valence-corrected chi connectivity index (χ4v) is 2.30. The maximum absolute atomic E-state index is 5.50. The number of hydroxylamine groups is 1. The smallest absolute Gasteiger partial charge is 0.203 e. The quantitative estimate of drug-likeness (QED) is 0.922. The molecule has 0 fully saturated rings. The molecular formula is C14H11BrN2O. The van der Waals surface area contributed by atoms with E-state index in [0.717, 1.165) is 21.4 Å². The molecule has 0 aliphatic carbocycles. The Labute approximate surface area is 114 Å². The van der Waals surface area contributed by atoms with Gasteiger partial charge in [-0.05, 0) is 6.07 Å². The van der Waals surface area contributed by atoms with Crippen LogP contribution in [0.1, 0.15) is 17.4 Å². The molecule has 3 nitrogen and oxygen atoms in total. The topological polar surface area (TPSA) is 33.6 Å². The second-order valence-electron chi connectivity index (χ2n) is 3.94. The highest BCUT2D eigenvalue weighted by molar-refractivity contribution is 9.10. The van der Waals surface area contributed by atoms with Gasteiger partial charge in [0.15, 0.2) is 5.84 Å². The van der Waals surface area contributed by atoms with Gasteiger partial charge in [-0.3, -0.25) is 0 Å². The Morgan fingerprint density at radius 1 is 1.00 bits per heavy atom. The first-order chi connectivity index (χ1) is 8.84. The molecule has 0 radical (unpaired) electrons. The van der Waals surface area contributed by atoms with Gasteiger partial charge in [0.2, 0.25) is 6.23 Å². The molecular weight excluding hydrogens is 292 g/mol. The molecule has 0 amide bonds. The fourth-order valence-electron chi connectivity index (χ4n) is 1.82. The Bertz CT molecular complexity index is 583. The van der Waals surface area contributed by atoms with Crippen LogP contribution in [0.3, 0.4) is 0 Å². The molecule has 1 N–H and O–H groups in total. The number of nitrogens with one attached hydrogen (secondary N) is 1. The lowest BCUT2D eigenvalue weighted by Gasteiger charge is -2.07. The van der Waals surface area contributed by atoms with Crippen molar-refractivity contribution in [3.05, 3.63) is 70.2 Å². The molecule has 0 unspecified atom stereocenters. The van der Waals surface area contributed by atoms with E-state index in [9.17, 15) is 0 Å². The van der Waals surface area contributed by atoms with Gasteiger partial charge in [-0.15, -0.1) is 0 Å². The van der Waals surface area contributed by atoms with Crippen molar-refractivity contribution in [3.63, 3.8) is 0 Å². The van der Waals surface area contributed by atoms with Gasteiger partial charge in [-0.2, -0.15) is 0 Å². The predicted molar refractivity (Wildman–Crippen MR) is 74.1 cm³/mol. The van der Waals surface area contributed by atoms with E-state index < -0.39 is 0 Å². The number of benzene rings is 2. The summed E-state index contributed by atoms with van der Waals surface area (Å²) in [7, 11) is 0. The maximum Gasteiger partial charge on any atom is 0.203 e. The zero-order chi connectivity index (χ0) is 12.4. The van der Waals surface area contributed by atoms with Crippen molar-refractivity contribution in [1.29, 1.82) is 0 Å². The van der Waals surface area contributed by atoms with Crippen molar-refractivity contribution in [2.75, 3.05) is 0 Å². The van der Waals surface area contributed by atoms with Gasteiger partial charge in [-0.25, -0.2) is 15.3 Å². The van der Waals surface area contributed by atoms with Crippen LogP contribution >= 0.6 is 15.9 Å². The highest BCUT2D eigenvalue weighted by atomic mass is 79.9. The van der Waals surface area contributed by atoms with Gasteiger partial charge < -0.3 is 0 Å². The van der Waals surface area contributed by atoms with Gasteiger partial charge in [-0.1, -0.05) is 64.5 Å². The lowest BCUT2D eigenvalue weighted by molar-refractivity contribution is 0.0373. The van der Waals surface area contributed by atoms with Gasteiger partial charge in [0.1, 0.15) is 0 Å². The lowest BCUT2D eigenvalue weighted by Crippen LogP contribution is -2.17. The van der Waals surface area contributed by atoms with Crippen molar-refractivity contribution < 1.29 is 4.84 Å². The van der Waals surface area contributed by atoms with Crippen LogP contribution in [0.2, 0.25) is 0 Å². The van der Waals surface area contributed by atoms with E-state index >= 15 is 0 Å². The van der Waals surface area contributed by atoms with Crippen molar-refractivity contribution in [2.45, 2.75) is 6.23 Å². The minimum Gasteiger partial charge on any atom is -0.246 e. The summed E-state index contributed by atoms with van der Waals surface area (Å²) in [6.07, 6.45) is -0.309. The highest BCUT2D eigenvalue weighted by Gasteiger charge is 2.22. The molecule has 0 bridgehead atoms. The number of hydrogen-bond donors (Lipinski definition) is 1. The van der Waals surface area contributed by atoms with Gasteiger partial charge >= 0.3 is 0 Å². The average molecular weight is 303 g/mol. The SMILES string of the molecule is Brc1ccccc1[C@@H]1N=C(c2ccccc2)NO1. The zero-order valence-corrected chi connectivity index (χ0v) is 11.1. The van der Waals surface area contributed by atoms with Gasteiger partial charge in [0.05, 0.1) is 0 Å². The molecule has 18 heavy (non-hydrogen) atoms. The molecule has 0 saturated carbocycles. The molecule has 2 aromatic rings. The molecule has 1 aliphatic heterocycles. The fraction of sp³-hybridized carbons (Fsp3) is 0.0714. The lowest BCUT2D eigenvalue weighted by atomic mass is 10.2. The highest BCUT2D eigenvalue weighted by Crippen LogP contribution is 2.29. The van der Waals surface area contributed by atoms with Crippen molar-refractivity contribution in [1.82, 2.24) is 5.48 Å². The van der Waals surface area contributed by atoms with Crippen LogP contribution in [0.4, 0.5) is 0 Å². The van der Waals surface area contributed by atoms with E-state index in [1.54, 1.807) is 0 Å². The molecule has 1 atom stereocenters. The molecule has 1 heterocycles. The Morgan fingerprint density at radius 2 is 1.72 bits per heavy atom. The van der Waals surface area contributed by atoms with Crippen LogP contribution in [-0.2, 0) is 4.84 Å². The summed E-state index contributed by atoms with van der Waals surface area (Å²) in [5.74, 6) is 0.761. The second kappa shape index (κ2) is 4.92. The zero-order valence-electron chi connectivity index (χ0n) is 9.51. The summed E-state index contributed by atoms with van der Waals surface area (Å²) in [4.78, 5) is 10.0. The van der Waals surface area contributed by atoms with Crippen molar-refractivity contribution in [2.24, 2.45) is 4.99 Å². The third kappa shape index (κ3) is 2.17. The third-order valence-corrected chi connectivity index (χ3v) is 3.45. The summed E-state index contributed by atoms with van der Waals surface area (Å²) in [5, 5.41) is 0. The van der Waals surface area contributed by atoms with E-state index in [4.69, 9.17) is 4.84 Å². The standard InChI is InChI=1S/C14H11BrN2O/c15-12-9-5-4-8-11(12)14-16-13(17-18-14)10-6-2-1-3-7-10/h1-9,14H,(H,16,17)/t14-/m1/s1. The molecule has 0 spiro atoms. The van der Waals surface area contributed by atoms with Gasteiger partial charge in [0, 0.05) is 15.6 Å². The minimum absolute atomic E-state index is 0.309. The van der Waals surface area contributed by atoms with Gasteiger partial charge in [0.25, 0.3) is 0 Å². The summed E-state index contributed by atoms with van der Waals surface area (Å²) >= 11 is 3.51. The van der Waals surface area contributed by atoms with Crippen molar-refractivity contribution in [3.8, 4) is 0 Å².